The molecular formula is C16H21N3O3S. The van der Waals surface area contributed by atoms with E-state index in [1.165, 1.54) is 6.20 Å². The molecule has 7 heteroatoms. The van der Waals surface area contributed by atoms with Gasteiger partial charge in [0.1, 0.15) is 11.6 Å². The third-order valence-corrected chi connectivity index (χ3v) is 4.62. The molecule has 0 atom stereocenters. The lowest BCUT2D eigenvalue weighted by Gasteiger charge is -2.12. The standard InChI is InChI=1S/C16H21N3O3S/c1-4-9-23(20,21)19-13-6-8-16(17-11-13)18-14-10-12(2)5-7-15(14)22-3/h5-8,10-11,19H,4,9H2,1-3H3,(H,17,18). The summed E-state index contributed by atoms with van der Waals surface area (Å²) in [5.74, 6) is 1.41. The van der Waals surface area contributed by atoms with E-state index >= 15 is 0 Å². The van der Waals surface area contributed by atoms with Crippen LogP contribution in [-0.2, 0) is 10.0 Å². The molecule has 0 saturated heterocycles. The van der Waals surface area contributed by atoms with Crippen molar-refractivity contribution in [3.8, 4) is 5.75 Å². The second-order valence-corrected chi connectivity index (χ2v) is 7.02. The highest BCUT2D eigenvalue weighted by Crippen LogP contribution is 2.28. The zero-order valence-corrected chi connectivity index (χ0v) is 14.3. The molecule has 2 rings (SSSR count). The van der Waals surface area contributed by atoms with Crippen LogP contribution in [0.2, 0.25) is 0 Å². The summed E-state index contributed by atoms with van der Waals surface area (Å²) in [7, 11) is -1.70. The van der Waals surface area contributed by atoms with Crippen LogP contribution in [-0.4, -0.2) is 26.3 Å². The Labute approximate surface area is 137 Å². The van der Waals surface area contributed by atoms with Crippen LogP contribution >= 0.6 is 0 Å². The van der Waals surface area contributed by atoms with Crippen molar-refractivity contribution in [2.24, 2.45) is 0 Å². The number of nitrogens with zero attached hydrogens (tertiary/aromatic N) is 1. The molecule has 6 nitrogen and oxygen atoms in total. The number of hydrogen-bond acceptors (Lipinski definition) is 5. The second-order valence-electron chi connectivity index (χ2n) is 5.18. The minimum atomic E-state index is -3.30. The summed E-state index contributed by atoms with van der Waals surface area (Å²) in [5, 5.41) is 3.17. The molecular weight excluding hydrogens is 314 g/mol. The maximum Gasteiger partial charge on any atom is 0.232 e. The Bertz CT molecular complexity index is 759. The first-order valence-electron chi connectivity index (χ1n) is 7.31. The topological polar surface area (TPSA) is 80.3 Å². The molecule has 0 aliphatic rings. The molecule has 0 bridgehead atoms. The van der Waals surface area contributed by atoms with E-state index in [4.69, 9.17) is 4.74 Å². The quantitative estimate of drug-likeness (QED) is 0.811. The van der Waals surface area contributed by atoms with Gasteiger partial charge < -0.3 is 10.1 Å². The first-order valence-corrected chi connectivity index (χ1v) is 8.97. The normalized spacial score (nSPS) is 11.1. The van der Waals surface area contributed by atoms with Gasteiger partial charge in [0.2, 0.25) is 10.0 Å². The maximum absolute atomic E-state index is 11.7. The Morgan fingerprint density at radius 1 is 1.22 bits per heavy atom. The van der Waals surface area contributed by atoms with Gasteiger partial charge >= 0.3 is 0 Å². The van der Waals surface area contributed by atoms with Gasteiger partial charge in [0.05, 0.1) is 30.4 Å². The van der Waals surface area contributed by atoms with Gasteiger partial charge in [-0.2, -0.15) is 0 Å². The summed E-state index contributed by atoms with van der Waals surface area (Å²) in [5.41, 5.74) is 2.34. The summed E-state index contributed by atoms with van der Waals surface area (Å²) >= 11 is 0. The van der Waals surface area contributed by atoms with E-state index in [1.54, 1.807) is 19.2 Å². The van der Waals surface area contributed by atoms with E-state index in [2.05, 4.69) is 15.0 Å². The SMILES string of the molecule is CCCS(=O)(=O)Nc1ccc(Nc2cc(C)ccc2OC)nc1. The van der Waals surface area contributed by atoms with E-state index in [9.17, 15) is 8.42 Å². The fourth-order valence-corrected chi connectivity index (χ4v) is 3.20. The van der Waals surface area contributed by atoms with Crippen LogP contribution in [0.3, 0.4) is 0 Å². The molecule has 0 spiro atoms. The molecule has 0 aliphatic carbocycles. The Morgan fingerprint density at radius 3 is 2.61 bits per heavy atom. The first-order chi connectivity index (χ1) is 10.9. The Balaban J connectivity index is 2.13. The summed E-state index contributed by atoms with van der Waals surface area (Å²) < 4.78 is 31.3. The number of methoxy groups -OCH3 is 1. The highest BCUT2D eigenvalue weighted by molar-refractivity contribution is 7.92. The molecule has 0 saturated carbocycles. The lowest BCUT2D eigenvalue weighted by atomic mass is 10.2. The third-order valence-electron chi connectivity index (χ3n) is 3.13. The number of hydrogen-bond donors (Lipinski definition) is 2. The number of nitrogens with one attached hydrogen (secondary N) is 2. The van der Waals surface area contributed by atoms with Crippen molar-refractivity contribution in [2.45, 2.75) is 20.3 Å². The second kappa shape index (κ2) is 7.32. The molecule has 1 aromatic carbocycles. The fraction of sp³-hybridized carbons (Fsp3) is 0.312. The maximum atomic E-state index is 11.7. The first kappa shape index (κ1) is 17.1. The van der Waals surface area contributed by atoms with Crippen molar-refractivity contribution in [2.75, 3.05) is 22.9 Å². The molecule has 0 aliphatic heterocycles. The number of aryl methyl sites for hydroxylation is 1. The molecule has 0 fully saturated rings. The summed E-state index contributed by atoms with van der Waals surface area (Å²) in [4.78, 5) is 4.23. The number of aromatic nitrogens is 1. The monoisotopic (exact) mass is 335 g/mol. The number of pyridine rings is 1. The summed E-state index contributed by atoms with van der Waals surface area (Å²) in [6.07, 6.45) is 2.05. The lowest BCUT2D eigenvalue weighted by Crippen LogP contribution is -2.16. The van der Waals surface area contributed by atoms with Gasteiger partial charge in [-0.1, -0.05) is 13.0 Å². The predicted octanol–water partition coefficient (Wildman–Crippen LogP) is 3.29. The fourth-order valence-electron chi connectivity index (χ4n) is 2.08. The Kier molecular flexibility index (Phi) is 5.44. The van der Waals surface area contributed by atoms with Crippen LogP contribution in [0.5, 0.6) is 5.75 Å². The average molecular weight is 335 g/mol. The smallest absolute Gasteiger partial charge is 0.232 e. The minimum Gasteiger partial charge on any atom is -0.495 e. The molecule has 23 heavy (non-hydrogen) atoms. The van der Waals surface area contributed by atoms with Crippen molar-refractivity contribution in [3.05, 3.63) is 42.1 Å². The van der Waals surface area contributed by atoms with Crippen molar-refractivity contribution < 1.29 is 13.2 Å². The third kappa shape index (κ3) is 4.85. The number of sulfonamides is 1. The Morgan fingerprint density at radius 2 is 2.00 bits per heavy atom. The predicted molar refractivity (Wildman–Crippen MR) is 93.0 cm³/mol. The molecule has 0 radical (unpaired) electrons. The van der Waals surface area contributed by atoms with E-state index in [0.717, 1.165) is 11.3 Å². The molecule has 2 aromatic rings. The van der Waals surface area contributed by atoms with E-state index in [0.29, 0.717) is 23.7 Å². The lowest BCUT2D eigenvalue weighted by molar-refractivity contribution is 0.416. The van der Waals surface area contributed by atoms with Gasteiger partial charge in [-0.25, -0.2) is 13.4 Å². The van der Waals surface area contributed by atoms with Crippen LogP contribution in [0.15, 0.2) is 36.5 Å². The Hall–Kier alpha value is -2.28. The zero-order chi connectivity index (χ0) is 16.9. The van der Waals surface area contributed by atoms with Crippen molar-refractivity contribution in [1.82, 2.24) is 4.98 Å². The van der Waals surface area contributed by atoms with Crippen LogP contribution in [0, 0.1) is 6.92 Å². The largest absolute Gasteiger partial charge is 0.495 e. The number of ether oxygens (including phenoxy) is 1. The molecule has 1 aromatic heterocycles. The number of anilines is 3. The number of rotatable bonds is 7. The zero-order valence-electron chi connectivity index (χ0n) is 13.5. The highest BCUT2D eigenvalue weighted by Gasteiger charge is 2.09. The van der Waals surface area contributed by atoms with E-state index in [1.807, 2.05) is 32.0 Å². The van der Waals surface area contributed by atoms with E-state index < -0.39 is 10.0 Å². The van der Waals surface area contributed by atoms with Crippen LogP contribution in [0.1, 0.15) is 18.9 Å². The van der Waals surface area contributed by atoms with Crippen molar-refractivity contribution in [1.29, 1.82) is 0 Å². The molecule has 2 N–H and O–H groups in total. The molecule has 1 heterocycles. The average Bonchev–Trinajstić information content (AvgIpc) is 2.49. The van der Waals surface area contributed by atoms with Gasteiger partial charge in [-0.15, -0.1) is 0 Å². The van der Waals surface area contributed by atoms with Crippen molar-refractivity contribution >= 4 is 27.2 Å². The summed E-state index contributed by atoms with van der Waals surface area (Å²) in [6.45, 7) is 3.81. The van der Waals surface area contributed by atoms with E-state index in [-0.39, 0.29) is 5.75 Å². The van der Waals surface area contributed by atoms with Crippen LogP contribution in [0.25, 0.3) is 0 Å². The van der Waals surface area contributed by atoms with Crippen LogP contribution in [0.4, 0.5) is 17.2 Å². The number of benzene rings is 1. The van der Waals surface area contributed by atoms with Gasteiger partial charge in [0.15, 0.2) is 0 Å². The van der Waals surface area contributed by atoms with Gasteiger partial charge in [-0.05, 0) is 43.2 Å². The minimum absolute atomic E-state index is 0.0908. The molecule has 0 unspecified atom stereocenters. The van der Waals surface area contributed by atoms with Gasteiger partial charge in [-0.3, -0.25) is 4.72 Å². The van der Waals surface area contributed by atoms with Crippen LogP contribution < -0.4 is 14.8 Å². The van der Waals surface area contributed by atoms with Crippen molar-refractivity contribution in [3.63, 3.8) is 0 Å². The van der Waals surface area contributed by atoms with Gasteiger partial charge in [0.25, 0.3) is 0 Å². The molecule has 124 valence electrons. The summed E-state index contributed by atoms with van der Waals surface area (Å²) in [6, 6.07) is 9.18. The van der Waals surface area contributed by atoms with Gasteiger partial charge in [0, 0.05) is 0 Å². The molecule has 0 amide bonds. The highest BCUT2D eigenvalue weighted by atomic mass is 32.2.